The van der Waals surface area contributed by atoms with Gasteiger partial charge in [0.15, 0.2) is 0 Å². The average Bonchev–Trinajstić information content (AvgIpc) is 3.24. The summed E-state index contributed by atoms with van der Waals surface area (Å²) in [6.07, 6.45) is 0. The van der Waals surface area contributed by atoms with Crippen LogP contribution in [-0.4, -0.2) is 119 Å². The first-order valence-corrected chi connectivity index (χ1v) is 12.0. The lowest BCUT2D eigenvalue weighted by Crippen LogP contribution is -2.63. The molecule has 0 N–H and O–H groups in total. The minimum atomic E-state index is -0.605. The van der Waals surface area contributed by atoms with Crippen molar-refractivity contribution in [1.29, 1.82) is 0 Å². The summed E-state index contributed by atoms with van der Waals surface area (Å²) in [5, 5.41) is 7.43. The van der Waals surface area contributed by atoms with Gasteiger partial charge in [-0.15, -0.1) is 10.1 Å². The number of likely N-dealkylation sites (N-methyl/N-ethyl adjacent to an activating group) is 2. The first kappa shape index (κ1) is 22.8. The van der Waals surface area contributed by atoms with Crippen molar-refractivity contribution in [3.8, 4) is 0 Å². The van der Waals surface area contributed by atoms with Crippen molar-refractivity contribution in [2.45, 2.75) is 25.9 Å². The molecular weight excluding hydrogens is 456 g/mol. The molecule has 34 heavy (non-hydrogen) atoms. The van der Waals surface area contributed by atoms with E-state index >= 15 is 0 Å². The Bertz CT molecular complexity index is 1120. The standard InChI is InChI=1S/C23H30ClN8O2/c1-15-16(2)32-19-20(27(3)23(34)28(4)21(19)33)25-22(32)31(26-15)13-10-29-8-11-30(12-9-29)18-7-5-6-17(24)14-18/h5-7,14,16,19H,8-13H2,1-4H3/q+1. The van der Waals surface area contributed by atoms with Gasteiger partial charge in [0.05, 0.1) is 5.71 Å². The normalized spacial score (nSPS) is 25.6. The number of aliphatic imine (C=N–C) groups is 1. The second kappa shape index (κ2) is 8.66. The first-order chi connectivity index (χ1) is 16.3. The molecule has 11 heteroatoms. The van der Waals surface area contributed by atoms with Crippen molar-refractivity contribution in [3.05, 3.63) is 29.3 Å². The van der Waals surface area contributed by atoms with Gasteiger partial charge in [0, 0.05) is 57.5 Å². The molecule has 0 saturated carbocycles. The lowest BCUT2D eigenvalue weighted by molar-refractivity contribution is -0.559. The van der Waals surface area contributed by atoms with Gasteiger partial charge in [-0.3, -0.25) is 19.5 Å². The maximum Gasteiger partial charge on any atom is 0.416 e. The molecule has 2 fully saturated rings. The predicted molar refractivity (Wildman–Crippen MR) is 132 cm³/mol. The van der Waals surface area contributed by atoms with Crippen LogP contribution in [0, 0.1) is 0 Å². The fraction of sp³-hybridized carbons (Fsp3) is 0.522. The number of fused-ring (bicyclic) bond motifs is 2. The maximum atomic E-state index is 13.0. The number of hydrogen-bond donors (Lipinski definition) is 0. The molecule has 1 aromatic rings. The van der Waals surface area contributed by atoms with Crippen LogP contribution in [0.5, 0.6) is 0 Å². The molecular formula is C23H30ClN8O2+. The third kappa shape index (κ3) is 3.74. The second-order valence-corrected chi connectivity index (χ2v) is 9.60. The van der Waals surface area contributed by atoms with Crippen LogP contribution in [0.1, 0.15) is 13.8 Å². The van der Waals surface area contributed by atoms with Gasteiger partial charge in [-0.05, 0) is 32.0 Å². The van der Waals surface area contributed by atoms with Crippen molar-refractivity contribution < 1.29 is 14.2 Å². The number of amides is 3. The highest BCUT2D eigenvalue weighted by atomic mass is 35.5. The molecule has 1 aromatic carbocycles. The number of benzene rings is 1. The van der Waals surface area contributed by atoms with Crippen LogP contribution in [0.3, 0.4) is 0 Å². The smallest absolute Gasteiger partial charge is 0.369 e. The molecule has 4 aliphatic rings. The third-order valence-electron chi connectivity index (χ3n) is 7.16. The molecule has 0 aromatic heterocycles. The monoisotopic (exact) mass is 485 g/mol. The molecule has 3 amide bonds. The van der Waals surface area contributed by atoms with E-state index in [9.17, 15) is 9.59 Å². The Hall–Kier alpha value is -2.98. The van der Waals surface area contributed by atoms with E-state index in [4.69, 9.17) is 21.7 Å². The van der Waals surface area contributed by atoms with E-state index in [1.807, 2.05) is 41.6 Å². The van der Waals surface area contributed by atoms with Gasteiger partial charge in [-0.2, -0.15) is 0 Å². The van der Waals surface area contributed by atoms with Crippen LogP contribution in [0.25, 0.3) is 0 Å². The van der Waals surface area contributed by atoms with Crippen LogP contribution in [0.15, 0.2) is 34.4 Å². The SMILES string of the molecule is CC1=NN(CCN2CCN(c3cccc(Cl)c3)CC2)C2=[N+](C1C)C1C(=O)N(C)C(=O)N(C)C1=N2. The number of hydrogen-bond acceptors (Lipinski definition) is 7. The maximum absolute atomic E-state index is 13.0. The summed E-state index contributed by atoms with van der Waals surface area (Å²) in [5.74, 6) is 0.856. The number of urea groups is 1. The van der Waals surface area contributed by atoms with Crippen LogP contribution in [0.4, 0.5) is 10.5 Å². The average molecular weight is 486 g/mol. The van der Waals surface area contributed by atoms with E-state index in [0.29, 0.717) is 18.3 Å². The summed E-state index contributed by atoms with van der Waals surface area (Å²) in [6.45, 7) is 9.21. The molecule has 0 bridgehead atoms. The van der Waals surface area contributed by atoms with Crippen molar-refractivity contribution in [2.75, 3.05) is 58.3 Å². The number of anilines is 1. The number of hydrazone groups is 1. The van der Waals surface area contributed by atoms with E-state index in [1.54, 1.807) is 7.05 Å². The first-order valence-electron chi connectivity index (χ1n) is 11.6. The lowest BCUT2D eigenvalue weighted by Gasteiger charge is -2.36. The molecule has 2 saturated heterocycles. The van der Waals surface area contributed by atoms with Crippen molar-refractivity contribution in [1.82, 2.24) is 19.7 Å². The summed E-state index contributed by atoms with van der Waals surface area (Å²) in [5.41, 5.74) is 2.07. The van der Waals surface area contributed by atoms with E-state index in [-0.39, 0.29) is 18.0 Å². The van der Waals surface area contributed by atoms with Gasteiger partial charge in [0.25, 0.3) is 5.91 Å². The van der Waals surface area contributed by atoms with E-state index in [1.165, 1.54) is 16.8 Å². The van der Waals surface area contributed by atoms with Crippen molar-refractivity contribution >= 4 is 46.7 Å². The van der Waals surface area contributed by atoms with Gasteiger partial charge in [0.2, 0.25) is 11.9 Å². The van der Waals surface area contributed by atoms with Crippen LogP contribution in [0.2, 0.25) is 5.02 Å². The number of nitrogens with zero attached hydrogens (tertiary/aromatic N) is 8. The number of rotatable bonds is 4. The molecule has 2 atom stereocenters. The lowest BCUT2D eigenvalue weighted by atomic mass is 10.1. The zero-order chi connectivity index (χ0) is 24.1. The molecule has 5 rings (SSSR count). The highest BCUT2D eigenvalue weighted by molar-refractivity contribution is 6.30. The number of piperazine rings is 1. The minimum Gasteiger partial charge on any atom is -0.369 e. The summed E-state index contributed by atoms with van der Waals surface area (Å²) in [6, 6.07) is 6.93. The zero-order valence-corrected chi connectivity index (χ0v) is 20.7. The molecule has 2 unspecified atom stereocenters. The minimum absolute atomic E-state index is 0.0855. The molecule has 4 heterocycles. The van der Waals surface area contributed by atoms with Crippen molar-refractivity contribution in [3.63, 3.8) is 0 Å². The van der Waals surface area contributed by atoms with Gasteiger partial charge in [-0.1, -0.05) is 22.7 Å². The Labute approximate surface area is 204 Å². The van der Waals surface area contributed by atoms with Gasteiger partial charge < -0.3 is 4.90 Å². The Morgan fingerprint density at radius 3 is 2.53 bits per heavy atom. The number of imide groups is 1. The molecule has 10 nitrogen and oxygen atoms in total. The second-order valence-electron chi connectivity index (χ2n) is 9.17. The highest BCUT2D eigenvalue weighted by Crippen LogP contribution is 2.25. The summed E-state index contributed by atoms with van der Waals surface area (Å²) >= 11 is 6.16. The summed E-state index contributed by atoms with van der Waals surface area (Å²) in [7, 11) is 3.19. The number of amidine groups is 1. The quantitative estimate of drug-likeness (QED) is 0.599. The van der Waals surface area contributed by atoms with Crippen molar-refractivity contribution in [2.24, 2.45) is 10.1 Å². The van der Waals surface area contributed by atoms with E-state index < -0.39 is 6.04 Å². The highest BCUT2D eigenvalue weighted by Gasteiger charge is 2.55. The Morgan fingerprint density at radius 2 is 1.82 bits per heavy atom. The molecule has 4 aliphatic heterocycles. The zero-order valence-electron chi connectivity index (χ0n) is 20.0. The molecule has 0 radical (unpaired) electrons. The van der Waals surface area contributed by atoms with Gasteiger partial charge in [-0.25, -0.2) is 9.37 Å². The molecule has 0 aliphatic carbocycles. The van der Waals surface area contributed by atoms with Crippen LogP contribution >= 0.6 is 11.6 Å². The number of carbonyl (C=O) groups excluding carboxylic acids is 2. The van der Waals surface area contributed by atoms with Crippen LogP contribution in [-0.2, 0) is 4.79 Å². The fourth-order valence-corrected chi connectivity index (χ4v) is 5.13. The van der Waals surface area contributed by atoms with E-state index in [2.05, 4.69) is 15.9 Å². The molecule has 0 spiro atoms. The Kier molecular flexibility index (Phi) is 5.81. The Morgan fingerprint density at radius 1 is 1.09 bits per heavy atom. The predicted octanol–water partition coefficient (Wildman–Crippen LogP) is 1.22. The van der Waals surface area contributed by atoms with Crippen LogP contribution < -0.4 is 4.90 Å². The largest absolute Gasteiger partial charge is 0.416 e. The topological polar surface area (TPSA) is 78.1 Å². The van der Waals surface area contributed by atoms with Gasteiger partial charge >= 0.3 is 12.0 Å². The fourth-order valence-electron chi connectivity index (χ4n) is 4.95. The number of guanidine groups is 1. The molecule has 180 valence electrons. The van der Waals surface area contributed by atoms with Gasteiger partial charge in [0.1, 0.15) is 12.6 Å². The summed E-state index contributed by atoms with van der Waals surface area (Å²) < 4.78 is 2.00. The number of carbonyl (C=O) groups is 2. The summed E-state index contributed by atoms with van der Waals surface area (Å²) in [4.78, 5) is 37.6. The number of halogens is 1. The Balaban J connectivity index is 1.28. The third-order valence-corrected chi connectivity index (χ3v) is 7.39. The van der Waals surface area contributed by atoms with E-state index in [0.717, 1.165) is 49.1 Å².